The number of hydrogen-bond donors (Lipinski definition) is 2. The summed E-state index contributed by atoms with van der Waals surface area (Å²) in [5.41, 5.74) is 4.19. The summed E-state index contributed by atoms with van der Waals surface area (Å²) < 4.78 is 6.95. The number of amides is 3. The molecule has 190 valence electrons. The first-order chi connectivity index (χ1) is 18.0. The lowest BCUT2D eigenvalue weighted by Crippen LogP contribution is -2.41. The van der Waals surface area contributed by atoms with E-state index in [1.807, 2.05) is 98.8 Å². The fraction of sp³-hybridized carbons (Fsp3) is 0.207. The molecule has 0 unspecified atom stereocenters. The van der Waals surface area contributed by atoms with Crippen molar-refractivity contribution in [1.82, 2.24) is 14.7 Å². The van der Waals surface area contributed by atoms with Crippen LogP contribution in [0.3, 0.4) is 0 Å². The fourth-order valence-electron chi connectivity index (χ4n) is 3.86. The van der Waals surface area contributed by atoms with Crippen LogP contribution >= 0.6 is 0 Å². The van der Waals surface area contributed by atoms with Gasteiger partial charge in [0.25, 0.3) is 0 Å². The summed E-state index contributed by atoms with van der Waals surface area (Å²) in [5, 5.41) is 10.6. The number of rotatable bonds is 9. The Morgan fingerprint density at radius 1 is 0.946 bits per heavy atom. The predicted molar refractivity (Wildman–Crippen MR) is 146 cm³/mol. The van der Waals surface area contributed by atoms with Gasteiger partial charge in [0, 0.05) is 23.9 Å². The molecule has 4 rings (SSSR count). The molecule has 0 bridgehead atoms. The van der Waals surface area contributed by atoms with E-state index in [2.05, 4.69) is 10.6 Å². The Morgan fingerprint density at radius 3 is 2.30 bits per heavy atom. The maximum atomic E-state index is 13.1. The number of nitrogens with zero attached hydrogens (tertiary/aromatic N) is 3. The molecule has 0 aliphatic rings. The summed E-state index contributed by atoms with van der Waals surface area (Å²) in [4.78, 5) is 27.6. The van der Waals surface area contributed by atoms with Gasteiger partial charge in [0.1, 0.15) is 18.1 Å². The van der Waals surface area contributed by atoms with Crippen LogP contribution in [-0.4, -0.2) is 46.8 Å². The Hall–Kier alpha value is -4.59. The average molecular weight is 498 g/mol. The van der Waals surface area contributed by atoms with Gasteiger partial charge < -0.3 is 20.3 Å². The summed E-state index contributed by atoms with van der Waals surface area (Å²) in [5.74, 6) is 0.908. The third kappa shape index (κ3) is 6.55. The summed E-state index contributed by atoms with van der Waals surface area (Å²) in [6.07, 6.45) is 0.719. The maximum Gasteiger partial charge on any atom is 0.322 e. The summed E-state index contributed by atoms with van der Waals surface area (Å²) in [6, 6.07) is 26.2. The van der Waals surface area contributed by atoms with Gasteiger partial charge in [-0.25, -0.2) is 9.48 Å². The number of nitrogens with one attached hydrogen (secondary N) is 2. The van der Waals surface area contributed by atoms with Crippen LogP contribution < -0.4 is 15.4 Å². The normalized spacial score (nSPS) is 10.6. The van der Waals surface area contributed by atoms with Crippen molar-refractivity contribution in [2.75, 3.05) is 30.8 Å². The number of benzene rings is 3. The Balaban J connectivity index is 1.55. The number of carbonyl (C=O) groups is 2. The van der Waals surface area contributed by atoms with Crippen molar-refractivity contribution >= 4 is 23.4 Å². The van der Waals surface area contributed by atoms with Crippen molar-refractivity contribution < 1.29 is 14.3 Å². The molecule has 8 heteroatoms. The molecular weight excluding hydrogens is 466 g/mol. The molecule has 37 heavy (non-hydrogen) atoms. The molecule has 3 amide bonds. The van der Waals surface area contributed by atoms with Crippen LogP contribution in [0, 0.1) is 6.92 Å². The highest BCUT2D eigenvalue weighted by Gasteiger charge is 2.19. The van der Waals surface area contributed by atoms with Crippen LogP contribution in [0.2, 0.25) is 0 Å². The first-order valence-electron chi connectivity index (χ1n) is 12.2. The first-order valence-corrected chi connectivity index (χ1v) is 12.2. The highest BCUT2D eigenvalue weighted by atomic mass is 16.5. The molecule has 2 N–H and O–H groups in total. The van der Waals surface area contributed by atoms with E-state index in [9.17, 15) is 9.59 Å². The second kappa shape index (κ2) is 11.9. The molecule has 0 saturated heterocycles. The van der Waals surface area contributed by atoms with Gasteiger partial charge in [0.2, 0.25) is 5.91 Å². The SMILES string of the molecule is CCCN(CC(=O)Nc1cc(-c2ccccc2)nn1-c1ccc(OC)cc1)C(=O)Nc1ccc(C)cc1. The zero-order chi connectivity index (χ0) is 26.2. The van der Waals surface area contributed by atoms with Crippen molar-refractivity contribution in [3.63, 3.8) is 0 Å². The topological polar surface area (TPSA) is 88.5 Å². The lowest BCUT2D eigenvalue weighted by molar-refractivity contribution is -0.116. The second-order valence-corrected chi connectivity index (χ2v) is 8.66. The molecule has 0 radical (unpaired) electrons. The zero-order valence-corrected chi connectivity index (χ0v) is 21.3. The van der Waals surface area contributed by atoms with Crippen LogP contribution in [0.15, 0.2) is 84.9 Å². The molecule has 3 aromatic carbocycles. The van der Waals surface area contributed by atoms with Crippen molar-refractivity contribution in [2.45, 2.75) is 20.3 Å². The van der Waals surface area contributed by atoms with E-state index in [4.69, 9.17) is 9.84 Å². The third-order valence-corrected chi connectivity index (χ3v) is 5.78. The molecule has 0 aliphatic carbocycles. The van der Waals surface area contributed by atoms with E-state index in [0.29, 0.717) is 23.7 Å². The smallest absolute Gasteiger partial charge is 0.322 e. The Kier molecular flexibility index (Phi) is 8.20. The highest BCUT2D eigenvalue weighted by Crippen LogP contribution is 2.26. The number of carbonyl (C=O) groups excluding carboxylic acids is 2. The lowest BCUT2D eigenvalue weighted by Gasteiger charge is -2.22. The predicted octanol–water partition coefficient (Wildman–Crippen LogP) is 5.74. The molecular formula is C29H31N5O3. The minimum atomic E-state index is -0.325. The standard InChI is InChI=1S/C29H31N5O3/c1-4-18-33(29(36)30-23-12-10-21(2)11-13-23)20-28(35)31-27-19-26(22-8-6-5-7-9-22)32-34(27)24-14-16-25(37-3)17-15-24/h5-17,19H,4,18,20H2,1-3H3,(H,30,36)(H,31,35). The van der Waals surface area contributed by atoms with Crippen LogP contribution in [0.4, 0.5) is 16.3 Å². The molecule has 0 spiro atoms. The van der Waals surface area contributed by atoms with E-state index >= 15 is 0 Å². The van der Waals surface area contributed by atoms with Gasteiger partial charge in [0.05, 0.1) is 18.5 Å². The third-order valence-electron chi connectivity index (χ3n) is 5.78. The molecule has 0 saturated carbocycles. The molecule has 8 nitrogen and oxygen atoms in total. The van der Waals surface area contributed by atoms with Crippen LogP contribution in [0.25, 0.3) is 16.9 Å². The second-order valence-electron chi connectivity index (χ2n) is 8.66. The molecule has 0 aliphatic heterocycles. The molecule has 1 aromatic heterocycles. The van der Waals surface area contributed by atoms with Crippen LogP contribution in [0.5, 0.6) is 5.75 Å². The first kappa shape index (κ1) is 25.5. The minimum Gasteiger partial charge on any atom is -0.497 e. The maximum absolute atomic E-state index is 13.1. The summed E-state index contributed by atoms with van der Waals surface area (Å²) in [7, 11) is 1.61. The van der Waals surface area contributed by atoms with Gasteiger partial charge in [-0.05, 0) is 49.7 Å². The number of aryl methyl sites for hydroxylation is 1. The minimum absolute atomic E-state index is 0.0972. The number of anilines is 2. The van der Waals surface area contributed by atoms with E-state index in [1.165, 1.54) is 4.90 Å². The van der Waals surface area contributed by atoms with Gasteiger partial charge in [-0.1, -0.05) is 55.0 Å². The monoisotopic (exact) mass is 497 g/mol. The van der Waals surface area contributed by atoms with Crippen LogP contribution in [0.1, 0.15) is 18.9 Å². The van der Waals surface area contributed by atoms with E-state index < -0.39 is 0 Å². The van der Waals surface area contributed by atoms with Crippen molar-refractivity contribution in [2.24, 2.45) is 0 Å². The van der Waals surface area contributed by atoms with E-state index in [-0.39, 0.29) is 18.5 Å². The largest absolute Gasteiger partial charge is 0.497 e. The van der Waals surface area contributed by atoms with Gasteiger partial charge in [-0.15, -0.1) is 0 Å². The highest BCUT2D eigenvalue weighted by molar-refractivity contribution is 5.97. The lowest BCUT2D eigenvalue weighted by atomic mass is 10.1. The van der Waals surface area contributed by atoms with Gasteiger partial charge in [-0.2, -0.15) is 5.10 Å². The fourth-order valence-corrected chi connectivity index (χ4v) is 3.86. The molecule has 4 aromatic rings. The number of methoxy groups -OCH3 is 1. The van der Waals surface area contributed by atoms with Crippen LogP contribution in [-0.2, 0) is 4.79 Å². The van der Waals surface area contributed by atoms with E-state index in [0.717, 1.165) is 29.0 Å². The molecule has 1 heterocycles. The molecule has 0 atom stereocenters. The number of aromatic nitrogens is 2. The van der Waals surface area contributed by atoms with E-state index in [1.54, 1.807) is 11.8 Å². The zero-order valence-electron chi connectivity index (χ0n) is 21.3. The van der Waals surface area contributed by atoms with Crippen molar-refractivity contribution in [1.29, 1.82) is 0 Å². The Bertz CT molecular complexity index is 1330. The number of hydrogen-bond acceptors (Lipinski definition) is 4. The van der Waals surface area contributed by atoms with Gasteiger partial charge in [-0.3, -0.25) is 4.79 Å². The van der Waals surface area contributed by atoms with Crippen molar-refractivity contribution in [3.8, 4) is 22.7 Å². The van der Waals surface area contributed by atoms with Crippen molar-refractivity contribution in [3.05, 3.63) is 90.5 Å². The Labute approximate surface area is 216 Å². The number of urea groups is 1. The number of ether oxygens (including phenoxy) is 1. The van der Waals surface area contributed by atoms with Gasteiger partial charge >= 0.3 is 6.03 Å². The summed E-state index contributed by atoms with van der Waals surface area (Å²) >= 11 is 0. The molecule has 0 fully saturated rings. The average Bonchev–Trinajstić information content (AvgIpc) is 3.33. The summed E-state index contributed by atoms with van der Waals surface area (Å²) in [6.45, 7) is 4.30. The van der Waals surface area contributed by atoms with Gasteiger partial charge in [0.15, 0.2) is 0 Å². The Morgan fingerprint density at radius 2 is 1.65 bits per heavy atom. The quantitative estimate of drug-likeness (QED) is 0.309.